The van der Waals surface area contributed by atoms with Crippen LogP contribution in [0.3, 0.4) is 0 Å². The minimum atomic E-state index is 0. The van der Waals surface area contributed by atoms with Crippen LogP contribution in [-0.4, -0.2) is 64.1 Å². The Labute approximate surface area is 111 Å². The number of ether oxygens (including phenoxy) is 2. The van der Waals surface area contributed by atoms with E-state index in [4.69, 9.17) is 9.47 Å². The van der Waals surface area contributed by atoms with Gasteiger partial charge < -0.3 is 14.8 Å². The second kappa shape index (κ2) is 11.2. The third-order valence-electron chi connectivity index (χ3n) is 3.02. The molecule has 17 heavy (non-hydrogen) atoms. The number of methoxy groups -OCH3 is 1. The van der Waals surface area contributed by atoms with Crippen LogP contribution < -0.4 is 5.32 Å². The van der Waals surface area contributed by atoms with E-state index in [0.717, 1.165) is 26.2 Å². The van der Waals surface area contributed by atoms with Gasteiger partial charge in [-0.15, -0.1) is 12.4 Å². The van der Waals surface area contributed by atoms with E-state index in [9.17, 15) is 0 Å². The van der Waals surface area contributed by atoms with Crippen molar-refractivity contribution in [3.8, 4) is 0 Å². The summed E-state index contributed by atoms with van der Waals surface area (Å²) in [5.74, 6) is 0. The molecule has 0 spiro atoms. The summed E-state index contributed by atoms with van der Waals surface area (Å²) < 4.78 is 10.5. The van der Waals surface area contributed by atoms with Gasteiger partial charge in [-0.1, -0.05) is 6.92 Å². The minimum Gasteiger partial charge on any atom is -0.382 e. The number of hydrogen-bond acceptors (Lipinski definition) is 4. The van der Waals surface area contributed by atoms with Crippen molar-refractivity contribution in [3.63, 3.8) is 0 Å². The van der Waals surface area contributed by atoms with E-state index < -0.39 is 0 Å². The lowest BCUT2D eigenvalue weighted by molar-refractivity contribution is 0.0509. The van der Waals surface area contributed by atoms with E-state index in [0.29, 0.717) is 19.3 Å². The van der Waals surface area contributed by atoms with Gasteiger partial charge in [0.25, 0.3) is 0 Å². The first-order valence-corrected chi connectivity index (χ1v) is 6.40. The summed E-state index contributed by atoms with van der Waals surface area (Å²) in [5, 5.41) is 3.42. The van der Waals surface area contributed by atoms with Crippen LogP contribution >= 0.6 is 12.4 Å². The normalized spacial score (nSPS) is 19.6. The number of rotatable bonds is 9. The summed E-state index contributed by atoms with van der Waals surface area (Å²) in [5.41, 5.74) is 0. The zero-order valence-electron chi connectivity index (χ0n) is 11.1. The molecule has 5 heteroatoms. The molecule has 0 amide bonds. The highest BCUT2D eigenvalue weighted by Gasteiger charge is 2.20. The molecular formula is C12H27ClN2O2. The zero-order valence-corrected chi connectivity index (χ0v) is 11.9. The first kappa shape index (κ1) is 17.1. The van der Waals surface area contributed by atoms with Crippen LogP contribution in [0.4, 0.5) is 0 Å². The highest BCUT2D eigenvalue weighted by molar-refractivity contribution is 5.85. The molecule has 1 heterocycles. The lowest BCUT2D eigenvalue weighted by atomic mass is 10.2. The van der Waals surface area contributed by atoms with Gasteiger partial charge in [-0.3, -0.25) is 4.90 Å². The van der Waals surface area contributed by atoms with E-state index in [2.05, 4.69) is 17.1 Å². The third kappa shape index (κ3) is 7.21. The molecule has 0 saturated carbocycles. The summed E-state index contributed by atoms with van der Waals surface area (Å²) in [7, 11) is 1.71. The third-order valence-corrected chi connectivity index (χ3v) is 3.02. The molecule has 1 aliphatic rings. The fraction of sp³-hybridized carbons (Fsp3) is 1.00. The molecule has 0 aliphatic carbocycles. The molecule has 1 fully saturated rings. The Morgan fingerprint density at radius 2 is 2.06 bits per heavy atom. The van der Waals surface area contributed by atoms with Crippen LogP contribution in [-0.2, 0) is 9.47 Å². The lowest BCUT2D eigenvalue weighted by Crippen LogP contribution is -2.39. The molecule has 4 nitrogen and oxygen atoms in total. The zero-order chi connectivity index (χ0) is 11.6. The fourth-order valence-electron chi connectivity index (χ4n) is 2.14. The Kier molecular flexibility index (Phi) is 11.3. The molecule has 1 N–H and O–H groups in total. The number of nitrogens with zero attached hydrogens (tertiary/aromatic N) is 1. The van der Waals surface area contributed by atoms with Gasteiger partial charge in [0.1, 0.15) is 0 Å². The van der Waals surface area contributed by atoms with Gasteiger partial charge in [0.15, 0.2) is 0 Å². The van der Waals surface area contributed by atoms with Gasteiger partial charge in [-0.2, -0.15) is 0 Å². The molecule has 104 valence electrons. The van der Waals surface area contributed by atoms with Gasteiger partial charge in [0, 0.05) is 26.2 Å². The van der Waals surface area contributed by atoms with Crippen molar-refractivity contribution in [2.75, 3.05) is 53.1 Å². The molecule has 1 rings (SSSR count). The predicted octanol–water partition coefficient (Wildman–Crippen LogP) is 1.15. The summed E-state index contributed by atoms with van der Waals surface area (Å²) >= 11 is 0. The smallest absolute Gasteiger partial charge is 0.0700 e. The van der Waals surface area contributed by atoms with Crippen molar-refractivity contribution < 1.29 is 9.47 Å². The highest BCUT2D eigenvalue weighted by atomic mass is 35.5. The summed E-state index contributed by atoms with van der Waals surface area (Å²) in [4.78, 5) is 2.55. The van der Waals surface area contributed by atoms with Crippen LogP contribution in [0.15, 0.2) is 0 Å². The van der Waals surface area contributed by atoms with Crippen molar-refractivity contribution in [1.29, 1.82) is 0 Å². The minimum absolute atomic E-state index is 0. The largest absolute Gasteiger partial charge is 0.382 e. The van der Waals surface area contributed by atoms with Crippen LogP contribution in [0.5, 0.6) is 0 Å². The fourth-order valence-corrected chi connectivity index (χ4v) is 2.14. The maximum atomic E-state index is 5.52. The molecule has 0 radical (unpaired) electrons. The van der Waals surface area contributed by atoms with E-state index in [1.807, 2.05) is 0 Å². The topological polar surface area (TPSA) is 33.7 Å². The lowest BCUT2D eigenvalue weighted by Gasteiger charge is -2.27. The van der Waals surface area contributed by atoms with Crippen molar-refractivity contribution in [2.24, 2.45) is 0 Å². The molecule has 1 unspecified atom stereocenters. The van der Waals surface area contributed by atoms with Gasteiger partial charge in [-0.25, -0.2) is 0 Å². The van der Waals surface area contributed by atoms with Crippen molar-refractivity contribution in [3.05, 3.63) is 0 Å². The monoisotopic (exact) mass is 266 g/mol. The van der Waals surface area contributed by atoms with Crippen molar-refractivity contribution in [1.82, 2.24) is 10.2 Å². The van der Waals surface area contributed by atoms with Crippen molar-refractivity contribution in [2.45, 2.75) is 25.8 Å². The molecule has 1 aliphatic heterocycles. The van der Waals surface area contributed by atoms with Crippen LogP contribution in [0.25, 0.3) is 0 Å². The Balaban J connectivity index is 0.00000256. The summed E-state index contributed by atoms with van der Waals surface area (Å²) in [6.45, 7) is 8.98. The van der Waals surface area contributed by atoms with E-state index in [-0.39, 0.29) is 12.4 Å². The molecule has 0 aromatic rings. The molecule has 1 atom stereocenters. The van der Waals surface area contributed by atoms with E-state index >= 15 is 0 Å². The van der Waals surface area contributed by atoms with E-state index in [1.54, 1.807) is 7.11 Å². The first-order valence-electron chi connectivity index (χ1n) is 6.40. The maximum Gasteiger partial charge on any atom is 0.0700 e. The Bertz CT molecular complexity index is 167. The average Bonchev–Trinajstić information content (AvgIpc) is 2.81. The van der Waals surface area contributed by atoms with E-state index in [1.165, 1.54) is 19.4 Å². The Morgan fingerprint density at radius 1 is 1.24 bits per heavy atom. The highest BCUT2D eigenvalue weighted by Crippen LogP contribution is 2.08. The predicted molar refractivity (Wildman–Crippen MR) is 73.1 cm³/mol. The quantitative estimate of drug-likeness (QED) is 0.635. The molecular weight excluding hydrogens is 240 g/mol. The van der Waals surface area contributed by atoms with Crippen LogP contribution in [0.2, 0.25) is 0 Å². The number of nitrogens with one attached hydrogen (secondary N) is 1. The Morgan fingerprint density at radius 3 is 2.65 bits per heavy atom. The summed E-state index contributed by atoms with van der Waals surface area (Å²) in [6, 6.07) is 0.714. The number of hydrogen-bond donors (Lipinski definition) is 1. The van der Waals surface area contributed by atoms with Gasteiger partial charge in [0.05, 0.1) is 19.8 Å². The molecule has 1 saturated heterocycles. The van der Waals surface area contributed by atoms with Gasteiger partial charge in [-0.05, 0) is 25.9 Å². The number of halogens is 1. The summed E-state index contributed by atoms with van der Waals surface area (Å²) in [6.07, 6.45) is 2.49. The average molecular weight is 267 g/mol. The van der Waals surface area contributed by atoms with Crippen molar-refractivity contribution >= 4 is 12.4 Å². The maximum absolute atomic E-state index is 5.52. The second-order valence-corrected chi connectivity index (χ2v) is 4.29. The second-order valence-electron chi connectivity index (χ2n) is 4.29. The molecule has 0 aromatic heterocycles. The SMILES string of the molecule is CCCN(CCOCCOC)C1CCNC1.Cl. The van der Waals surface area contributed by atoms with Crippen LogP contribution in [0, 0.1) is 0 Å². The Hall–Kier alpha value is 0.130. The molecule has 0 bridgehead atoms. The van der Waals surface area contributed by atoms with Crippen LogP contribution in [0.1, 0.15) is 19.8 Å². The first-order chi connectivity index (χ1) is 7.88. The standard InChI is InChI=1S/C12H26N2O2.ClH/c1-3-6-14(12-4-5-13-11-12)7-8-16-10-9-15-2;/h12-13H,3-11H2,1-2H3;1H. The van der Waals surface area contributed by atoms with Gasteiger partial charge >= 0.3 is 0 Å². The molecule has 0 aromatic carbocycles. The van der Waals surface area contributed by atoms with Gasteiger partial charge in [0.2, 0.25) is 0 Å².